The lowest BCUT2D eigenvalue weighted by Crippen LogP contribution is -2.32. The Labute approximate surface area is 128 Å². The highest BCUT2D eigenvalue weighted by atomic mass is 16.5. The molecular formula is C15H19N3O4. The number of anilines is 1. The fraction of sp³-hybridized carbons (Fsp3) is 0.400. The molecule has 1 heterocycles. The number of hydrogen-bond acceptors (Lipinski definition) is 5. The van der Waals surface area contributed by atoms with E-state index in [1.54, 1.807) is 18.2 Å². The van der Waals surface area contributed by atoms with Gasteiger partial charge >= 0.3 is 0 Å². The highest BCUT2D eigenvalue weighted by Gasteiger charge is 2.19. The van der Waals surface area contributed by atoms with Crippen molar-refractivity contribution in [2.24, 2.45) is 5.10 Å². The van der Waals surface area contributed by atoms with Gasteiger partial charge in [-0.1, -0.05) is 0 Å². The summed E-state index contributed by atoms with van der Waals surface area (Å²) in [6.07, 6.45) is 0.566. The van der Waals surface area contributed by atoms with Gasteiger partial charge in [-0.25, -0.2) is 5.43 Å². The summed E-state index contributed by atoms with van der Waals surface area (Å²) < 4.78 is 10.9. The Bertz CT molecular complexity index is 598. The number of ether oxygens (including phenoxy) is 2. The average molecular weight is 305 g/mol. The number of nitrogens with zero attached hydrogens (tertiary/aromatic N) is 1. The molecule has 1 aromatic carbocycles. The normalized spacial score (nSPS) is 13.9. The second-order valence-electron chi connectivity index (χ2n) is 4.57. The zero-order chi connectivity index (χ0) is 15.9. The summed E-state index contributed by atoms with van der Waals surface area (Å²) in [7, 11) is 0. The van der Waals surface area contributed by atoms with Crippen molar-refractivity contribution in [1.29, 1.82) is 0 Å². The summed E-state index contributed by atoms with van der Waals surface area (Å²) in [4.78, 5) is 23.3. The first-order valence-corrected chi connectivity index (χ1v) is 7.20. The third-order valence-corrected chi connectivity index (χ3v) is 2.98. The summed E-state index contributed by atoms with van der Waals surface area (Å²) in [5.74, 6) is 0.638. The predicted molar refractivity (Wildman–Crippen MR) is 82.2 cm³/mol. The van der Waals surface area contributed by atoms with Crippen molar-refractivity contribution in [2.75, 3.05) is 18.5 Å². The monoisotopic (exact) mass is 305 g/mol. The second kappa shape index (κ2) is 7.44. The molecule has 2 amide bonds. The van der Waals surface area contributed by atoms with Crippen LogP contribution in [0.5, 0.6) is 11.5 Å². The Morgan fingerprint density at radius 2 is 2.05 bits per heavy atom. The largest absolute Gasteiger partial charge is 0.494 e. The Morgan fingerprint density at radius 3 is 2.68 bits per heavy atom. The van der Waals surface area contributed by atoms with Gasteiger partial charge in [-0.3, -0.25) is 9.59 Å². The number of nitrogens with one attached hydrogen (secondary N) is 2. The first kappa shape index (κ1) is 15.8. The summed E-state index contributed by atoms with van der Waals surface area (Å²) in [5, 5.41) is 6.53. The molecule has 0 saturated carbocycles. The average Bonchev–Trinajstić information content (AvgIpc) is 2.51. The van der Waals surface area contributed by atoms with E-state index < -0.39 is 0 Å². The number of rotatable bonds is 6. The van der Waals surface area contributed by atoms with Gasteiger partial charge in [-0.05, 0) is 26.0 Å². The molecule has 1 aromatic rings. The van der Waals surface area contributed by atoms with Crippen LogP contribution < -0.4 is 20.2 Å². The highest BCUT2D eigenvalue weighted by molar-refractivity contribution is 6.43. The molecule has 0 spiro atoms. The molecule has 118 valence electrons. The smallest absolute Gasteiger partial charge is 0.271 e. The third kappa shape index (κ3) is 3.97. The molecule has 0 unspecified atom stereocenters. The van der Waals surface area contributed by atoms with E-state index in [1.165, 1.54) is 0 Å². The van der Waals surface area contributed by atoms with Crippen LogP contribution in [0, 0.1) is 0 Å². The standard InChI is InChI=1S/C15H19N3O4/c1-3-21-10-5-7-13(22-4-2)12(9-10)16-15(20)11-6-8-14(19)18-17-11/h5,7,9H,3-4,6,8H2,1-2H3,(H,16,20)(H,18,19). The van der Waals surface area contributed by atoms with Crippen molar-refractivity contribution >= 4 is 23.2 Å². The minimum absolute atomic E-state index is 0.190. The van der Waals surface area contributed by atoms with Crippen LogP contribution in [0.4, 0.5) is 5.69 Å². The molecule has 22 heavy (non-hydrogen) atoms. The number of benzene rings is 1. The molecule has 1 aliphatic rings. The molecule has 7 heteroatoms. The van der Waals surface area contributed by atoms with E-state index in [0.717, 1.165) is 0 Å². The molecule has 0 fully saturated rings. The Hall–Kier alpha value is -2.57. The van der Waals surface area contributed by atoms with Gasteiger partial charge in [0.25, 0.3) is 5.91 Å². The summed E-state index contributed by atoms with van der Waals surface area (Å²) in [6, 6.07) is 5.23. The molecule has 0 aliphatic carbocycles. The third-order valence-electron chi connectivity index (χ3n) is 2.98. The van der Waals surface area contributed by atoms with Crippen LogP contribution in [0.2, 0.25) is 0 Å². The lowest BCUT2D eigenvalue weighted by molar-refractivity contribution is -0.121. The molecule has 7 nitrogen and oxygen atoms in total. The predicted octanol–water partition coefficient (Wildman–Crippen LogP) is 1.69. The van der Waals surface area contributed by atoms with Crippen molar-refractivity contribution in [3.8, 4) is 11.5 Å². The molecule has 0 saturated heterocycles. The van der Waals surface area contributed by atoms with Crippen molar-refractivity contribution in [2.45, 2.75) is 26.7 Å². The van der Waals surface area contributed by atoms with E-state index in [4.69, 9.17) is 9.47 Å². The van der Waals surface area contributed by atoms with Crippen LogP contribution >= 0.6 is 0 Å². The van der Waals surface area contributed by atoms with Gasteiger partial charge in [0.2, 0.25) is 5.91 Å². The van der Waals surface area contributed by atoms with Crippen LogP contribution in [0.25, 0.3) is 0 Å². The first-order valence-electron chi connectivity index (χ1n) is 7.20. The van der Waals surface area contributed by atoms with Crippen molar-refractivity contribution in [1.82, 2.24) is 5.43 Å². The van der Waals surface area contributed by atoms with Gasteiger partial charge in [-0.15, -0.1) is 0 Å². The molecule has 0 atom stereocenters. The maximum absolute atomic E-state index is 12.2. The number of hydrogen-bond donors (Lipinski definition) is 2. The molecule has 0 radical (unpaired) electrons. The number of hydrazone groups is 1. The van der Waals surface area contributed by atoms with Crippen molar-refractivity contribution in [3.63, 3.8) is 0 Å². The zero-order valence-electron chi connectivity index (χ0n) is 12.6. The van der Waals surface area contributed by atoms with Gasteiger partial charge in [0.05, 0.1) is 18.9 Å². The maximum Gasteiger partial charge on any atom is 0.271 e. The quantitative estimate of drug-likeness (QED) is 0.837. The Morgan fingerprint density at radius 1 is 1.27 bits per heavy atom. The van der Waals surface area contributed by atoms with Crippen molar-refractivity contribution in [3.05, 3.63) is 18.2 Å². The fourth-order valence-electron chi connectivity index (χ4n) is 1.98. The maximum atomic E-state index is 12.2. The van der Waals surface area contributed by atoms with Gasteiger partial charge in [-0.2, -0.15) is 5.10 Å². The molecule has 2 N–H and O–H groups in total. The fourth-order valence-corrected chi connectivity index (χ4v) is 1.98. The van der Waals surface area contributed by atoms with Gasteiger partial charge < -0.3 is 14.8 Å². The van der Waals surface area contributed by atoms with Crippen LogP contribution in [-0.2, 0) is 9.59 Å². The van der Waals surface area contributed by atoms with Crippen LogP contribution in [-0.4, -0.2) is 30.7 Å². The molecule has 1 aliphatic heterocycles. The topological polar surface area (TPSA) is 89.0 Å². The van der Waals surface area contributed by atoms with E-state index in [0.29, 0.717) is 36.8 Å². The van der Waals surface area contributed by atoms with E-state index in [9.17, 15) is 9.59 Å². The zero-order valence-corrected chi connectivity index (χ0v) is 12.6. The minimum Gasteiger partial charge on any atom is -0.494 e. The summed E-state index contributed by atoms with van der Waals surface area (Å²) in [5.41, 5.74) is 3.10. The number of amides is 2. The first-order chi connectivity index (χ1) is 10.6. The summed E-state index contributed by atoms with van der Waals surface area (Å²) >= 11 is 0. The molecule has 0 aromatic heterocycles. The number of carbonyl (C=O) groups excluding carboxylic acids is 2. The van der Waals surface area contributed by atoms with E-state index in [-0.39, 0.29) is 23.9 Å². The SMILES string of the molecule is CCOc1ccc(OCC)c(NC(=O)C2=NNC(=O)CC2)c1. The molecule has 0 bridgehead atoms. The summed E-state index contributed by atoms with van der Waals surface area (Å²) in [6.45, 7) is 4.75. The van der Waals surface area contributed by atoms with E-state index >= 15 is 0 Å². The van der Waals surface area contributed by atoms with Gasteiger partial charge in [0, 0.05) is 18.9 Å². The van der Waals surface area contributed by atoms with Crippen LogP contribution in [0.3, 0.4) is 0 Å². The van der Waals surface area contributed by atoms with Crippen LogP contribution in [0.15, 0.2) is 23.3 Å². The second-order valence-corrected chi connectivity index (χ2v) is 4.57. The number of carbonyl (C=O) groups is 2. The minimum atomic E-state index is -0.366. The molecule has 2 rings (SSSR count). The van der Waals surface area contributed by atoms with Crippen LogP contribution in [0.1, 0.15) is 26.7 Å². The van der Waals surface area contributed by atoms with Gasteiger partial charge in [0.1, 0.15) is 17.2 Å². The highest BCUT2D eigenvalue weighted by Crippen LogP contribution is 2.29. The van der Waals surface area contributed by atoms with Gasteiger partial charge in [0.15, 0.2) is 0 Å². The Kier molecular flexibility index (Phi) is 5.35. The lowest BCUT2D eigenvalue weighted by atomic mass is 10.1. The van der Waals surface area contributed by atoms with E-state index in [1.807, 2.05) is 13.8 Å². The van der Waals surface area contributed by atoms with Crippen molar-refractivity contribution < 1.29 is 19.1 Å². The van der Waals surface area contributed by atoms with E-state index in [2.05, 4.69) is 15.8 Å². The molecular weight excluding hydrogens is 286 g/mol. The Balaban J connectivity index is 2.17. The lowest BCUT2D eigenvalue weighted by Gasteiger charge is -2.15.